The molecule has 0 radical (unpaired) electrons. The molecule has 3 aromatic rings. The molecule has 29 heavy (non-hydrogen) atoms. The maximum atomic E-state index is 12.8. The predicted molar refractivity (Wildman–Crippen MR) is 109 cm³/mol. The third-order valence-electron chi connectivity index (χ3n) is 4.03. The van der Waals surface area contributed by atoms with Crippen LogP contribution in [0.5, 0.6) is 11.5 Å². The summed E-state index contributed by atoms with van der Waals surface area (Å²) < 4.78 is 16.3. The van der Waals surface area contributed by atoms with E-state index in [4.69, 9.17) is 13.9 Å². The van der Waals surface area contributed by atoms with Crippen molar-refractivity contribution in [1.29, 1.82) is 0 Å². The SMILES string of the molecule is O=C(Nc1ccccc1)C(=Cc1ccc2c(c1)OCO2)NC(=O)c1ccc(Br)o1. The first-order valence-electron chi connectivity index (χ1n) is 8.63. The summed E-state index contributed by atoms with van der Waals surface area (Å²) in [6, 6.07) is 17.3. The Bertz CT molecular complexity index is 1090. The maximum absolute atomic E-state index is 12.8. The number of furan rings is 1. The van der Waals surface area contributed by atoms with Gasteiger partial charge in [-0.15, -0.1) is 0 Å². The number of ether oxygens (including phenoxy) is 2. The molecule has 2 aromatic carbocycles. The molecule has 2 N–H and O–H groups in total. The molecule has 1 aromatic heterocycles. The summed E-state index contributed by atoms with van der Waals surface area (Å²) in [5, 5.41) is 5.37. The first kappa shape index (κ1) is 18.8. The first-order chi connectivity index (χ1) is 14.1. The molecule has 4 rings (SSSR count). The maximum Gasteiger partial charge on any atom is 0.291 e. The molecule has 0 atom stereocenters. The Labute approximate surface area is 174 Å². The fraction of sp³-hybridized carbons (Fsp3) is 0.0476. The van der Waals surface area contributed by atoms with Crippen LogP contribution in [-0.4, -0.2) is 18.6 Å². The van der Waals surface area contributed by atoms with Gasteiger partial charge in [-0.25, -0.2) is 0 Å². The molecule has 2 amide bonds. The van der Waals surface area contributed by atoms with Gasteiger partial charge in [-0.1, -0.05) is 24.3 Å². The number of para-hydroxylation sites is 1. The van der Waals surface area contributed by atoms with Gasteiger partial charge in [0, 0.05) is 5.69 Å². The lowest BCUT2D eigenvalue weighted by molar-refractivity contribution is -0.113. The molecule has 1 aliphatic heterocycles. The van der Waals surface area contributed by atoms with E-state index in [1.165, 1.54) is 6.07 Å². The molecular formula is C21H15BrN2O5. The fourth-order valence-corrected chi connectivity index (χ4v) is 2.97. The third kappa shape index (κ3) is 4.49. The minimum absolute atomic E-state index is 0.0465. The van der Waals surface area contributed by atoms with Crippen LogP contribution in [0.3, 0.4) is 0 Å². The summed E-state index contributed by atoms with van der Waals surface area (Å²) in [5.41, 5.74) is 1.31. The second kappa shape index (κ2) is 8.24. The smallest absolute Gasteiger partial charge is 0.291 e. The summed E-state index contributed by atoms with van der Waals surface area (Å²) >= 11 is 3.16. The summed E-state index contributed by atoms with van der Waals surface area (Å²) in [7, 11) is 0. The zero-order valence-electron chi connectivity index (χ0n) is 15.0. The molecule has 7 nitrogen and oxygen atoms in total. The van der Waals surface area contributed by atoms with Gasteiger partial charge in [0.1, 0.15) is 5.70 Å². The van der Waals surface area contributed by atoms with Crippen molar-refractivity contribution in [3.05, 3.63) is 82.4 Å². The Kier molecular flexibility index (Phi) is 5.35. The molecule has 0 unspecified atom stereocenters. The summed E-state index contributed by atoms with van der Waals surface area (Å²) in [5.74, 6) is 0.240. The molecule has 1 aliphatic rings. The number of halogens is 1. The van der Waals surface area contributed by atoms with E-state index in [2.05, 4.69) is 26.6 Å². The zero-order chi connectivity index (χ0) is 20.2. The topological polar surface area (TPSA) is 89.8 Å². The highest BCUT2D eigenvalue weighted by molar-refractivity contribution is 9.10. The molecule has 0 aliphatic carbocycles. The monoisotopic (exact) mass is 454 g/mol. The quantitative estimate of drug-likeness (QED) is 0.564. The highest BCUT2D eigenvalue weighted by Crippen LogP contribution is 2.33. The minimum atomic E-state index is -0.550. The largest absolute Gasteiger partial charge is 0.454 e. The van der Waals surface area contributed by atoms with E-state index in [0.717, 1.165) is 0 Å². The molecule has 0 fully saturated rings. The van der Waals surface area contributed by atoms with Crippen molar-refractivity contribution in [3.63, 3.8) is 0 Å². The Morgan fingerprint density at radius 3 is 2.52 bits per heavy atom. The van der Waals surface area contributed by atoms with Crippen LogP contribution in [0, 0.1) is 0 Å². The highest BCUT2D eigenvalue weighted by atomic mass is 79.9. The zero-order valence-corrected chi connectivity index (χ0v) is 16.6. The van der Waals surface area contributed by atoms with Crippen molar-refractivity contribution in [2.45, 2.75) is 0 Å². The Balaban J connectivity index is 1.62. The third-order valence-corrected chi connectivity index (χ3v) is 4.46. The number of anilines is 1. The normalized spacial score (nSPS) is 12.5. The van der Waals surface area contributed by atoms with E-state index < -0.39 is 11.8 Å². The van der Waals surface area contributed by atoms with Crippen LogP contribution in [0.4, 0.5) is 5.69 Å². The van der Waals surface area contributed by atoms with Gasteiger partial charge in [-0.2, -0.15) is 0 Å². The van der Waals surface area contributed by atoms with Gasteiger partial charge in [-0.05, 0) is 64.0 Å². The number of hydrogen-bond donors (Lipinski definition) is 2. The molecule has 146 valence electrons. The van der Waals surface area contributed by atoms with Gasteiger partial charge in [0.2, 0.25) is 6.79 Å². The molecule has 0 spiro atoms. The number of rotatable bonds is 5. The highest BCUT2D eigenvalue weighted by Gasteiger charge is 2.18. The van der Waals surface area contributed by atoms with Crippen LogP contribution in [-0.2, 0) is 4.79 Å². The van der Waals surface area contributed by atoms with Gasteiger partial charge < -0.3 is 24.5 Å². The Morgan fingerprint density at radius 1 is 0.966 bits per heavy atom. The Morgan fingerprint density at radius 2 is 1.76 bits per heavy atom. The van der Waals surface area contributed by atoms with Crippen LogP contribution in [0.2, 0.25) is 0 Å². The number of hydrogen-bond acceptors (Lipinski definition) is 5. The van der Waals surface area contributed by atoms with E-state index in [1.54, 1.807) is 54.6 Å². The van der Waals surface area contributed by atoms with Crippen LogP contribution >= 0.6 is 15.9 Å². The standard InChI is InChI=1S/C21H15BrN2O5/c22-19-9-8-17(29-19)21(26)24-15(20(25)23-14-4-2-1-3-5-14)10-13-6-7-16-18(11-13)28-12-27-16/h1-11H,12H2,(H,23,25)(H,24,26). The number of fused-ring (bicyclic) bond motifs is 1. The average molecular weight is 455 g/mol. The first-order valence-corrected chi connectivity index (χ1v) is 9.42. The summed E-state index contributed by atoms with van der Waals surface area (Å²) in [4.78, 5) is 25.3. The summed E-state index contributed by atoms with van der Waals surface area (Å²) in [6.45, 7) is 0.147. The van der Waals surface area contributed by atoms with Gasteiger partial charge >= 0.3 is 0 Å². The molecule has 2 heterocycles. The van der Waals surface area contributed by atoms with Crippen molar-refractivity contribution in [1.82, 2.24) is 5.32 Å². The number of nitrogens with one attached hydrogen (secondary N) is 2. The van der Waals surface area contributed by atoms with E-state index in [-0.39, 0.29) is 18.3 Å². The van der Waals surface area contributed by atoms with Gasteiger partial charge in [-0.3, -0.25) is 9.59 Å². The van der Waals surface area contributed by atoms with Gasteiger partial charge in [0.15, 0.2) is 21.9 Å². The van der Waals surface area contributed by atoms with Crippen molar-refractivity contribution in [2.24, 2.45) is 0 Å². The average Bonchev–Trinajstić information content (AvgIpc) is 3.36. The Hall–Kier alpha value is -3.52. The second-order valence-electron chi connectivity index (χ2n) is 6.05. The number of carbonyl (C=O) groups excluding carboxylic acids is 2. The van der Waals surface area contributed by atoms with Gasteiger partial charge in [0.05, 0.1) is 0 Å². The van der Waals surface area contributed by atoms with Crippen molar-refractivity contribution in [3.8, 4) is 11.5 Å². The van der Waals surface area contributed by atoms with Crippen LogP contribution in [0.15, 0.2) is 75.4 Å². The molecule has 8 heteroatoms. The van der Waals surface area contributed by atoms with Gasteiger partial charge in [0.25, 0.3) is 11.8 Å². The van der Waals surface area contributed by atoms with Crippen molar-refractivity contribution >= 4 is 39.5 Å². The lowest BCUT2D eigenvalue weighted by Crippen LogP contribution is -2.30. The van der Waals surface area contributed by atoms with E-state index >= 15 is 0 Å². The lowest BCUT2D eigenvalue weighted by Gasteiger charge is -2.10. The molecule has 0 saturated heterocycles. The molecule has 0 saturated carbocycles. The van der Waals surface area contributed by atoms with E-state index in [0.29, 0.717) is 27.4 Å². The van der Waals surface area contributed by atoms with Crippen LogP contribution in [0.1, 0.15) is 16.1 Å². The molecule has 0 bridgehead atoms. The molecular weight excluding hydrogens is 440 g/mol. The number of carbonyl (C=O) groups is 2. The second-order valence-corrected chi connectivity index (χ2v) is 6.83. The number of benzene rings is 2. The fourth-order valence-electron chi connectivity index (χ4n) is 2.67. The minimum Gasteiger partial charge on any atom is -0.454 e. The predicted octanol–water partition coefficient (Wildman–Crippen LogP) is 4.18. The van der Waals surface area contributed by atoms with Crippen molar-refractivity contribution < 1.29 is 23.5 Å². The van der Waals surface area contributed by atoms with E-state index in [9.17, 15) is 9.59 Å². The van der Waals surface area contributed by atoms with Crippen LogP contribution < -0.4 is 20.1 Å². The van der Waals surface area contributed by atoms with Crippen LogP contribution in [0.25, 0.3) is 6.08 Å². The van der Waals surface area contributed by atoms with Crippen molar-refractivity contribution in [2.75, 3.05) is 12.1 Å². The lowest BCUT2D eigenvalue weighted by atomic mass is 10.1. The number of amides is 2. The van der Waals surface area contributed by atoms with E-state index in [1.807, 2.05) is 6.07 Å². The summed E-state index contributed by atoms with van der Waals surface area (Å²) in [6.07, 6.45) is 1.55.